The van der Waals surface area contributed by atoms with Gasteiger partial charge in [-0.2, -0.15) is 0 Å². The minimum absolute atomic E-state index is 0.0980. The molecule has 6 heteroatoms. The van der Waals surface area contributed by atoms with Crippen molar-refractivity contribution in [2.45, 2.75) is 63.7 Å². The summed E-state index contributed by atoms with van der Waals surface area (Å²) < 4.78 is 30.0. The molecule has 30 heavy (non-hydrogen) atoms. The maximum atomic E-state index is 12.1. The number of nitrogens with zero attached hydrogens (tertiary/aromatic N) is 1. The normalized spacial score (nSPS) is 20.0. The number of sulfone groups is 1. The number of anilines is 1. The molecule has 1 fully saturated rings. The van der Waals surface area contributed by atoms with Crippen molar-refractivity contribution in [2.24, 2.45) is 0 Å². The summed E-state index contributed by atoms with van der Waals surface area (Å²) in [7, 11) is -3.07. The average Bonchev–Trinajstić information content (AvgIpc) is 2.66. The molecule has 3 rings (SSSR count). The average molecular weight is 450 g/mol. The summed E-state index contributed by atoms with van der Waals surface area (Å²) >= 11 is 6.61. The third kappa shape index (κ3) is 5.99. The minimum Gasteiger partial charge on any atom is -0.372 e. The molecule has 0 saturated carbocycles. The molecule has 1 aliphatic heterocycles. The Balaban J connectivity index is 1.60. The monoisotopic (exact) mass is 449 g/mol. The summed E-state index contributed by atoms with van der Waals surface area (Å²) in [6.07, 6.45) is 2.17. The van der Waals surface area contributed by atoms with Crippen LogP contribution in [0.1, 0.15) is 44.4 Å². The molecule has 0 aromatic heterocycles. The molecule has 0 bridgehead atoms. The van der Waals surface area contributed by atoms with Crippen LogP contribution in [0.5, 0.6) is 0 Å². The summed E-state index contributed by atoms with van der Waals surface area (Å²) in [4.78, 5) is 2.30. The van der Waals surface area contributed by atoms with Gasteiger partial charge in [-0.1, -0.05) is 41.9 Å². The molecule has 2 aromatic carbocycles. The van der Waals surface area contributed by atoms with Crippen molar-refractivity contribution in [3.05, 3.63) is 64.2 Å². The van der Waals surface area contributed by atoms with Crippen LogP contribution in [0.15, 0.2) is 42.5 Å². The van der Waals surface area contributed by atoms with Crippen LogP contribution in [0.2, 0.25) is 5.02 Å². The molecule has 0 N–H and O–H groups in total. The Labute approximate surface area is 186 Å². The lowest BCUT2D eigenvalue weighted by Crippen LogP contribution is -2.45. The van der Waals surface area contributed by atoms with Gasteiger partial charge in [-0.15, -0.1) is 0 Å². The van der Waals surface area contributed by atoms with Gasteiger partial charge in [0.1, 0.15) is 0 Å². The zero-order chi connectivity index (χ0) is 21.9. The lowest BCUT2D eigenvalue weighted by molar-refractivity contribution is -0.00521. The first-order chi connectivity index (χ1) is 14.1. The van der Waals surface area contributed by atoms with E-state index in [0.29, 0.717) is 0 Å². The Morgan fingerprint density at radius 3 is 2.07 bits per heavy atom. The smallest absolute Gasteiger partial charge is 0.156 e. The summed E-state index contributed by atoms with van der Waals surface area (Å²) in [6, 6.07) is 14.2. The molecular formula is C24H32ClNO3S. The van der Waals surface area contributed by atoms with Gasteiger partial charge in [-0.25, -0.2) is 8.42 Å². The second-order valence-electron chi connectivity index (χ2n) is 8.62. The van der Waals surface area contributed by atoms with Gasteiger partial charge < -0.3 is 9.64 Å². The number of hydrogen-bond donors (Lipinski definition) is 0. The van der Waals surface area contributed by atoms with E-state index in [1.807, 2.05) is 24.3 Å². The highest BCUT2D eigenvalue weighted by molar-refractivity contribution is 7.91. The molecule has 2 atom stereocenters. The van der Waals surface area contributed by atoms with Crippen LogP contribution >= 0.6 is 11.6 Å². The van der Waals surface area contributed by atoms with Crippen molar-refractivity contribution in [1.82, 2.24) is 0 Å². The number of aryl methyl sites for hydroxylation is 2. The van der Waals surface area contributed by atoms with Gasteiger partial charge in [-0.3, -0.25) is 0 Å². The molecule has 1 heterocycles. The molecule has 1 saturated heterocycles. The molecule has 1 aliphatic rings. The first-order valence-corrected chi connectivity index (χ1v) is 12.7. The quantitative estimate of drug-likeness (QED) is 0.592. The standard InChI is InChI=1S/C24H32ClNO3S/c1-17(2)30(27,28)16-22-9-6-20(7-10-22)5-8-21-11-12-24(23(25)13-21)26-14-18(3)29-19(4)15-26/h6-7,9-13,17-19H,5,8,14-16H2,1-4H3/t18-,19+. The predicted molar refractivity (Wildman–Crippen MR) is 125 cm³/mol. The van der Waals surface area contributed by atoms with Crippen LogP contribution in [0.4, 0.5) is 5.69 Å². The lowest BCUT2D eigenvalue weighted by Gasteiger charge is -2.37. The molecule has 0 unspecified atom stereocenters. The van der Waals surface area contributed by atoms with Gasteiger partial charge in [0.2, 0.25) is 0 Å². The zero-order valence-electron chi connectivity index (χ0n) is 18.3. The van der Waals surface area contributed by atoms with Gasteiger partial charge in [0.25, 0.3) is 0 Å². The van der Waals surface area contributed by atoms with Gasteiger partial charge in [0, 0.05) is 13.1 Å². The lowest BCUT2D eigenvalue weighted by atomic mass is 10.0. The topological polar surface area (TPSA) is 46.6 Å². The summed E-state index contributed by atoms with van der Waals surface area (Å²) in [5.74, 6) is 0.0980. The van der Waals surface area contributed by atoms with Crippen LogP contribution in [0.3, 0.4) is 0 Å². The van der Waals surface area contributed by atoms with Crippen molar-refractivity contribution >= 4 is 27.1 Å². The fraction of sp³-hybridized carbons (Fsp3) is 0.500. The molecule has 0 aliphatic carbocycles. The molecule has 2 aromatic rings. The Hall–Kier alpha value is -1.56. The van der Waals surface area contributed by atoms with Gasteiger partial charge in [0.15, 0.2) is 9.84 Å². The maximum Gasteiger partial charge on any atom is 0.156 e. The summed E-state index contributed by atoms with van der Waals surface area (Å²) in [5, 5.41) is 0.428. The highest BCUT2D eigenvalue weighted by Gasteiger charge is 2.23. The van der Waals surface area contributed by atoms with Crippen LogP contribution in [-0.2, 0) is 33.2 Å². The van der Waals surface area contributed by atoms with Crippen molar-refractivity contribution in [1.29, 1.82) is 0 Å². The number of morpholine rings is 1. The number of hydrogen-bond acceptors (Lipinski definition) is 4. The molecule has 164 valence electrons. The van der Waals surface area contributed by atoms with Crippen LogP contribution in [0.25, 0.3) is 0 Å². The third-order valence-electron chi connectivity index (χ3n) is 5.58. The summed E-state index contributed by atoms with van der Waals surface area (Å²) in [6.45, 7) is 9.33. The van der Waals surface area contributed by atoms with Gasteiger partial charge >= 0.3 is 0 Å². The fourth-order valence-electron chi connectivity index (χ4n) is 3.83. The molecule has 4 nitrogen and oxygen atoms in total. The number of ether oxygens (including phenoxy) is 1. The fourth-order valence-corrected chi connectivity index (χ4v) is 5.14. The van der Waals surface area contributed by atoms with E-state index in [-0.39, 0.29) is 23.2 Å². The highest BCUT2D eigenvalue weighted by atomic mass is 35.5. The maximum absolute atomic E-state index is 12.1. The van der Waals surface area contributed by atoms with E-state index in [1.165, 1.54) is 11.1 Å². The van der Waals surface area contributed by atoms with E-state index in [2.05, 4.69) is 36.9 Å². The molecule has 0 spiro atoms. The van der Waals surface area contributed by atoms with E-state index in [0.717, 1.165) is 42.2 Å². The predicted octanol–water partition coefficient (Wildman–Crippen LogP) is 5.06. The van der Waals surface area contributed by atoms with Crippen LogP contribution in [-0.4, -0.2) is 39.0 Å². The Bertz CT molecular complexity index is 947. The number of rotatable bonds is 7. The summed E-state index contributed by atoms with van der Waals surface area (Å²) in [5.41, 5.74) is 4.30. The van der Waals surface area contributed by atoms with E-state index in [9.17, 15) is 8.42 Å². The third-order valence-corrected chi connectivity index (χ3v) is 8.06. The van der Waals surface area contributed by atoms with Crippen molar-refractivity contribution in [3.63, 3.8) is 0 Å². The Morgan fingerprint density at radius 2 is 1.50 bits per heavy atom. The largest absolute Gasteiger partial charge is 0.372 e. The van der Waals surface area contributed by atoms with Gasteiger partial charge in [0.05, 0.1) is 33.9 Å². The van der Waals surface area contributed by atoms with E-state index in [4.69, 9.17) is 16.3 Å². The second kappa shape index (κ2) is 9.71. The number of halogens is 1. The SMILES string of the molecule is CC(C)S(=O)(=O)Cc1ccc(CCc2ccc(N3C[C@@H](C)O[C@@H](C)C3)c(Cl)c2)cc1. The Morgan fingerprint density at radius 1 is 0.967 bits per heavy atom. The Kier molecular flexibility index (Phi) is 7.48. The number of benzene rings is 2. The second-order valence-corrected chi connectivity index (χ2v) is 11.6. The van der Waals surface area contributed by atoms with Crippen molar-refractivity contribution in [2.75, 3.05) is 18.0 Å². The van der Waals surface area contributed by atoms with Crippen molar-refractivity contribution in [3.8, 4) is 0 Å². The molecular weight excluding hydrogens is 418 g/mol. The highest BCUT2D eigenvalue weighted by Crippen LogP contribution is 2.30. The van der Waals surface area contributed by atoms with E-state index < -0.39 is 9.84 Å². The van der Waals surface area contributed by atoms with Crippen molar-refractivity contribution < 1.29 is 13.2 Å². The first kappa shape index (κ1) is 23.1. The first-order valence-electron chi connectivity index (χ1n) is 10.6. The zero-order valence-corrected chi connectivity index (χ0v) is 19.8. The minimum atomic E-state index is -3.07. The molecule has 0 radical (unpaired) electrons. The molecule has 0 amide bonds. The van der Waals surface area contributed by atoms with Crippen LogP contribution in [0, 0.1) is 0 Å². The van der Waals surface area contributed by atoms with E-state index >= 15 is 0 Å². The van der Waals surface area contributed by atoms with Crippen LogP contribution < -0.4 is 4.90 Å². The van der Waals surface area contributed by atoms with E-state index in [1.54, 1.807) is 13.8 Å². The van der Waals surface area contributed by atoms with Gasteiger partial charge in [-0.05, 0) is 69.4 Å².